The Morgan fingerprint density at radius 1 is 1.26 bits per heavy atom. The van der Waals surface area contributed by atoms with E-state index in [-0.39, 0.29) is 31.0 Å². The second-order valence-electron chi connectivity index (χ2n) is 7.22. The van der Waals surface area contributed by atoms with Crippen molar-refractivity contribution in [3.8, 4) is 0 Å². The number of anilines is 1. The Labute approximate surface area is 155 Å². The summed E-state index contributed by atoms with van der Waals surface area (Å²) in [5.74, 6) is -0.247. The number of carboxylic acid groups (broad SMARTS) is 1. The van der Waals surface area contributed by atoms with Crippen LogP contribution in [0.1, 0.15) is 18.4 Å². The van der Waals surface area contributed by atoms with Crippen molar-refractivity contribution >= 4 is 17.7 Å². The third-order valence-corrected chi connectivity index (χ3v) is 5.06. The van der Waals surface area contributed by atoms with Gasteiger partial charge in [-0.3, -0.25) is 9.69 Å². The summed E-state index contributed by atoms with van der Waals surface area (Å²) in [6.07, 6.45) is -3.66. The minimum absolute atomic E-state index is 0.0188. The van der Waals surface area contributed by atoms with Crippen molar-refractivity contribution in [2.24, 2.45) is 5.92 Å². The Kier molecular flexibility index (Phi) is 5.21. The van der Waals surface area contributed by atoms with Crippen molar-refractivity contribution < 1.29 is 27.9 Å². The average Bonchev–Trinajstić information content (AvgIpc) is 3.39. The molecule has 1 aliphatic heterocycles. The molecule has 6 nitrogen and oxygen atoms in total. The van der Waals surface area contributed by atoms with E-state index in [1.54, 1.807) is 22.9 Å². The van der Waals surface area contributed by atoms with Crippen LogP contribution in [0.5, 0.6) is 0 Å². The van der Waals surface area contributed by atoms with Gasteiger partial charge in [0, 0.05) is 44.3 Å². The zero-order valence-corrected chi connectivity index (χ0v) is 14.9. The molecule has 2 fully saturated rings. The van der Waals surface area contributed by atoms with Crippen molar-refractivity contribution in [3.63, 3.8) is 0 Å². The van der Waals surface area contributed by atoms with Gasteiger partial charge >= 0.3 is 12.3 Å². The topological polar surface area (TPSA) is 64.1 Å². The van der Waals surface area contributed by atoms with E-state index in [0.29, 0.717) is 18.8 Å². The summed E-state index contributed by atoms with van der Waals surface area (Å²) in [5.41, 5.74) is -0.239. The fourth-order valence-corrected chi connectivity index (χ4v) is 3.24. The Bertz CT molecular complexity index is 715. The summed E-state index contributed by atoms with van der Waals surface area (Å²) in [6.45, 7) is 0.910. The number of halogens is 3. The van der Waals surface area contributed by atoms with Crippen LogP contribution < -0.4 is 4.90 Å². The fourth-order valence-electron chi connectivity index (χ4n) is 3.24. The van der Waals surface area contributed by atoms with Crippen LogP contribution in [0.4, 0.5) is 23.7 Å². The highest BCUT2D eigenvalue weighted by molar-refractivity contribution is 5.82. The Morgan fingerprint density at radius 3 is 2.48 bits per heavy atom. The van der Waals surface area contributed by atoms with Gasteiger partial charge in [-0.25, -0.2) is 4.79 Å². The van der Waals surface area contributed by atoms with Gasteiger partial charge in [-0.05, 0) is 31.0 Å². The number of alkyl halides is 3. The molecule has 3 rings (SSSR count). The number of likely N-dealkylation sites (N-methyl/N-ethyl adjacent to an activating group) is 1. The number of benzene rings is 1. The first kappa shape index (κ1) is 19.3. The molecular weight excluding hydrogens is 363 g/mol. The highest BCUT2D eigenvalue weighted by Crippen LogP contribution is 2.33. The summed E-state index contributed by atoms with van der Waals surface area (Å²) in [7, 11) is 1.68. The number of nitrogens with zero attached hydrogens (tertiary/aromatic N) is 3. The van der Waals surface area contributed by atoms with Gasteiger partial charge in [0.25, 0.3) is 0 Å². The van der Waals surface area contributed by atoms with Crippen LogP contribution in [0, 0.1) is 5.92 Å². The molecule has 1 N–H and O–H groups in total. The lowest BCUT2D eigenvalue weighted by Crippen LogP contribution is -2.53. The first-order chi connectivity index (χ1) is 12.6. The summed E-state index contributed by atoms with van der Waals surface area (Å²) >= 11 is 0. The van der Waals surface area contributed by atoms with Crippen LogP contribution in [0.3, 0.4) is 0 Å². The lowest BCUT2D eigenvalue weighted by atomic mass is 9.98. The van der Waals surface area contributed by atoms with Crippen LogP contribution in [-0.4, -0.2) is 66.2 Å². The molecule has 27 heavy (non-hydrogen) atoms. The Morgan fingerprint density at radius 2 is 1.93 bits per heavy atom. The largest absolute Gasteiger partial charge is 0.465 e. The van der Waals surface area contributed by atoms with Crippen molar-refractivity contribution in [2.75, 3.05) is 38.1 Å². The lowest BCUT2D eigenvalue weighted by Gasteiger charge is -2.43. The van der Waals surface area contributed by atoms with Crippen molar-refractivity contribution in [1.29, 1.82) is 0 Å². The van der Waals surface area contributed by atoms with Crippen LogP contribution in [0.2, 0.25) is 0 Å². The van der Waals surface area contributed by atoms with Crippen molar-refractivity contribution in [1.82, 2.24) is 9.80 Å². The minimum atomic E-state index is -4.39. The normalized spacial score (nSPS) is 17.4. The second kappa shape index (κ2) is 7.28. The second-order valence-corrected chi connectivity index (χ2v) is 7.22. The number of carbonyl (C=O) groups excluding carboxylic acids is 1. The molecule has 148 valence electrons. The molecule has 1 aromatic rings. The van der Waals surface area contributed by atoms with Gasteiger partial charge in [0.1, 0.15) is 6.54 Å². The molecule has 0 radical (unpaired) electrons. The summed E-state index contributed by atoms with van der Waals surface area (Å²) < 4.78 is 38.4. The molecular formula is C18H22F3N3O3. The van der Waals surface area contributed by atoms with Gasteiger partial charge in [0.15, 0.2) is 0 Å². The average molecular weight is 385 g/mol. The molecule has 0 atom stereocenters. The van der Waals surface area contributed by atoms with Crippen LogP contribution >= 0.6 is 0 Å². The van der Waals surface area contributed by atoms with E-state index < -0.39 is 17.8 Å². The van der Waals surface area contributed by atoms with Crippen molar-refractivity contribution in [3.05, 3.63) is 29.8 Å². The SMILES string of the molecule is CN(C(=O)CN(CC1CN(c2cccc(C(F)(F)F)c2)C1)C(=O)O)C1CC1. The monoisotopic (exact) mass is 385 g/mol. The van der Waals surface area contributed by atoms with Gasteiger partial charge in [0.2, 0.25) is 5.91 Å². The van der Waals surface area contributed by atoms with Crippen molar-refractivity contribution in [2.45, 2.75) is 25.1 Å². The smallest absolute Gasteiger partial charge is 0.416 e. The first-order valence-corrected chi connectivity index (χ1v) is 8.81. The number of hydrogen-bond acceptors (Lipinski definition) is 3. The Balaban J connectivity index is 1.53. The molecule has 1 saturated heterocycles. The molecule has 0 spiro atoms. The number of hydrogen-bond donors (Lipinski definition) is 1. The van der Waals surface area contributed by atoms with E-state index in [4.69, 9.17) is 0 Å². The zero-order chi connectivity index (χ0) is 19.8. The third-order valence-electron chi connectivity index (χ3n) is 5.06. The van der Waals surface area contributed by atoms with Crippen LogP contribution in [0.25, 0.3) is 0 Å². The number of amides is 2. The van der Waals surface area contributed by atoms with E-state index in [1.165, 1.54) is 6.07 Å². The molecule has 1 heterocycles. The highest BCUT2D eigenvalue weighted by atomic mass is 19.4. The van der Waals surface area contributed by atoms with E-state index in [2.05, 4.69) is 0 Å². The standard InChI is InChI=1S/C18H22F3N3O3/c1-22(14-5-6-14)16(25)11-24(17(26)27)10-12-8-23(9-12)15-4-2-3-13(7-15)18(19,20)21/h2-4,7,12,14H,5-6,8-11H2,1H3,(H,26,27). The van der Waals surface area contributed by atoms with E-state index in [9.17, 15) is 27.9 Å². The third kappa shape index (κ3) is 4.64. The maximum absolute atomic E-state index is 12.8. The zero-order valence-electron chi connectivity index (χ0n) is 14.9. The summed E-state index contributed by atoms with van der Waals surface area (Å²) in [6, 6.07) is 5.30. The van der Waals surface area contributed by atoms with Gasteiger partial charge in [-0.1, -0.05) is 6.07 Å². The van der Waals surface area contributed by atoms with Gasteiger partial charge in [0.05, 0.1) is 5.56 Å². The van der Waals surface area contributed by atoms with E-state index in [0.717, 1.165) is 29.9 Å². The molecule has 2 aliphatic rings. The predicted octanol–water partition coefficient (Wildman–Crippen LogP) is 2.74. The van der Waals surface area contributed by atoms with Crippen LogP contribution in [-0.2, 0) is 11.0 Å². The van der Waals surface area contributed by atoms with Gasteiger partial charge in [-0.15, -0.1) is 0 Å². The number of carbonyl (C=O) groups is 2. The molecule has 1 saturated carbocycles. The van der Waals surface area contributed by atoms with Gasteiger partial charge in [-0.2, -0.15) is 13.2 Å². The summed E-state index contributed by atoms with van der Waals surface area (Å²) in [5, 5.41) is 9.35. The van der Waals surface area contributed by atoms with E-state index in [1.807, 2.05) is 0 Å². The van der Waals surface area contributed by atoms with Crippen LogP contribution in [0.15, 0.2) is 24.3 Å². The molecule has 9 heteroatoms. The molecule has 0 unspecified atom stereocenters. The predicted molar refractivity (Wildman–Crippen MR) is 92.5 cm³/mol. The number of rotatable bonds is 6. The molecule has 0 bridgehead atoms. The van der Waals surface area contributed by atoms with Gasteiger partial charge < -0.3 is 14.9 Å². The first-order valence-electron chi connectivity index (χ1n) is 8.81. The maximum Gasteiger partial charge on any atom is 0.416 e. The maximum atomic E-state index is 12.8. The molecule has 1 aliphatic carbocycles. The molecule has 1 aromatic carbocycles. The fraction of sp³-hybridized carbons (Fsp3) is 0.556. The quantitative estimate of drug-likeness (QED) is 0.818. The molecule has 2 amide bonds. The highest BCUT2D eigenvalue weighted by Gasteiger charge is 2.35. The Hall–Kier alpha value is -2.45. The lowest BCUT2D eigenvalue weighted by molar-refractivity contribution is -0.137. The summed E-state index contributed by atoms with van der Waals surface area (Å²) in [4.78, 5) is 28.0. The van der Waals surface area contributed by atoms with E-state index >= 15 is 0 Å². The molecule has 0 aromatic heterocycles. The minimum Gasteiger partial charge on any atom is -0.465 e.